The van der Waals surface area contributed by atoms with Crippen LogP contribution in [0, 0.1) is 0 Å². The van der Waals surface area contributed by atoms with Crippen LogP contribution in [0.5, 0.6) is 0 Å². The average Bonchev–Trinajstić information content (AvgIpc) is 2.31. The summed E-state index contributed by atoms with van der Waals surface area (Å²) < 4.78 is 5.15. The highest BCUT2D eigenvalue weighted by Crippen LogP contribution is 2.14. The summed E-state index contributed by atoms with van der Waals surface area (Å²) in [5.74, 6) is 0. The highest BCUT2D eigenvalue weighted by molar-refractivity contribution is 5.85. The van der Waals surface area contributed by atoms with Crippen molar-refractivity contribution in [2.24, 2.45) is 0 Å². The van der Waals surface area contributed by atoms with Crippen molar-refractivity contribution in [2.45, 2.75) is 38.9 Å². The topological polar surface area (TPSA) is 49.8 Å². The number of nitrogens with zero attached hydrogens (tertiary/aromatic N) is 1. The molecule has 0 aromatic carbocycles. The molecule has 0 aliphatic carbocycles. The SMILES string of the molecule is CC(C)(C)OC(=O)N1CCC(O)C1.Cl. The van der Waals surface area contributed by atoms with E-state index < -0.39 is 5.60 Å². The molecule has 84 valence electrons. The number of ether oxygens (including phenoxy) is 1. The largest absolute Gasteiger partial charge is 0.444 e. The van der Waals surface area contributed by atoms with Crippen LogP contribution in [-0.2, 0) is 4.74 Å². The van der Waals surface area contributed by atoms with Gasteiger partial charge in [0.15, 0.2) is 0 Å². The molecule has 1 unspecified atom stereocenters. The molecule has 0 saturated carbocycles. The van der Waals surface area contributed by atoms with Gasteiger partial charge in [-0.15, -0.1) is 12.4 Å². The molecule has 0 aromatic rings. The molecule has 0 radical (unpaired) electrons. The van der Waals surface area contributed by atoms with Crippen LogP contribution in [0.1, 0.15) is 27.2 Å². The van der Waals surface area contributed by atoms with E-state index >= 15 is 0 Å². The number of amides is 1. The third-order valence-corrected chi connectivity index (χ3v) is 1.82. The minimum atomic E-state index is -0.454. The van der Waals surface area contributed by atoms with Gasteiger partial charge in [-0.2, -0.15) is 0 Å². The van der Waals surface area contributed by atoms with Crippen LogP contribution in [0.2, 0.25) is 0 Å². The molecular weight excluding hydrogens is 206 g/mol. The monoisotopic (exact) mass is 223 g/mol. The van der Waals surface area contributed by atoms with Crippen molar-refractivity contribution in [2.75, 3.05) is 13.1 Å². The van der Waals surface area contributed by atoms with E-state index in [1.54, 1.807) is 0 Å². The zero-order chi connectivity index (χ0) is 10.1. The Hall–Kier alpha value is -0.480. The molecule has 1 N–H and O–H groups in total. The van der Waals surface area contributed by atoms with Gasteiger partial charge in [0, 0.05) is 13.1 Å². The van der Waals surface area contributed by atoms with E-state index in [9.17, 15) is 9.90 Å². The molecule has 0 bridgehead atoms. The summed E-state index contributed by atoms with van der Waals surface area (Å²) in [6.45, 7) is 6.48. The van der Waals surface area contributed by atoms with Crippen LogP contribution in [0.3, 0.4) is 0 Å². The van der Waals surface area contributed by atoms with Gasteiger partial charge in [0.25, 0.3) is 0 Å². The van der Waals surface area contributed by atoms with E-state index in [2.05, 4.69) is 0 Å². The summed E-state index contributed by atoms with van der Waals surface area (Å²) in [6, 6.07) is 0. The average molecular weight is 224 g/mol. The van der Waals surface area contributed by atoms with Gasteiger partial charge in [0.05, 0.1) is 6.10 Å². The van der Waals surface area contributed by atoms with E-state index in [1.165, 1.54) is 4.90 Å². The molecule has 1 saturated heterocycles. The van der Waals surface area contributed by atoms with Crippen molar-refractivity contribution in [3.8, 4) is 0 Å². The maximum absolute atomic E-state index is 11.4. The van der Waals surface area contributed by atoms with Crippen molar-refractivity contribution in [1.82, 2.24) is 4.90 Å². The van der Waals surface area contributed by atoms with Gasteiger partial charge in [-0.05, 0) is 27.2 Å². The standard InChI is InChI=1S/C9H17NO3.ClH/c1-9(2,3)13-8(12)10-5-4-7(11)6-10;/h7,11H,4-6H2,1-3H3;1H. The number of halogens is 1. The van der Waals surface area contributed by atoms with Crippen LogP contribution in [-0.4, -0.2) is 40.9 Å². The van der Waals surface area contributed by atoms with Crippen LogP contribution >= 0.6 is 12.4 Å². The fourth-order valence-electron chi connectivity index (χ4n) is 1.23. The first-order valence-electron chi connectivity index (χ1n) is 4.54. The molecular formula is C9H18ClNO3. The molecule has 1 rings (SSSR count). The zero-order valence-electron chi connectivity index (χ0n) is 8.82. The quantitative estimate of drug-likeness (QED) is 0.676. The summed E-state index contributed by atoms with van der Waals surface area (Å²) in [7, 11) is 0. The molecule has 0 spiro atoms. The highest BCUT2D eigenvalue weighted by Gasteiger charge is 2.28. The van der Waals surface area contributed by atoms with E-state index in [4.69, 9.17) is 4.74 Å². The number of β-amino-alcohol motifs (C(OH)–C–C–N with tert-alkyl or cyclic N) is 1. The van der Waals surface area contributed by atoms with Gasteiger partial charge >= 0.3 is 6.09 Å². The Labute approximate surface area is 90.6 Å². The van der Waals surface area contributed by atoms with E-state index in [-0.39, 0.29) is 24.6 Å². The second kappa shape index (κ2) is 4.84. The van der Waals surface area contributed by atoms with Gasteiger partial charge in [-0.3, -0.25) is 0 Å². The number of aliphatic hydroxyl groups is 1. The minimum Gasteiger partial charge on any atom is -0.444 e. The van der Waals surface area contributed by atoms with Crippen LogP contribution in [0.25, 0.3) is 0 Å². The fourth-order valence-corrected chi connectivity index (χ4v) is 1.23. The maximum atomic E-state index is 11.4. The molecule has 1 aliphatic heterocycles. The molecule has 1 amide bonds. The van der Waals surface area contributed by atoms with Crippen molar-refractivity contribution < 1.29 is 14.6 Å². The van der Waals surface area contributed by atoms with Gasteiger partial charge in [-0.25, -0.2) is 4.79 Å². The van der Waals surface area contributed by atoms with Gasteiger partial charge in [0.1, 0.15) is 5.60 Å². The second-order valence-corrected chi connectivity index (χ2v) is 4.37. The number of rotatable bonds is 0. The fraction of sp³-hybridized carbons (Fsp3) is 0.889. The predicted molar refractivity (Wildman–Crippen MR) is 55.7 cm³/mol. The second-order valence-electron chi connectivity index (χ2n) is 4.37. The Kier molecular flexibility index (Phi) is 4.68. The first kappa shape index (κ1) is 13.5. The molecule has 14 heavy (non-hydrogen) atoms. The Morgan fingerprint density at radius 3 is 2.43 bits per heavy atom. The van der Waals surface area contributed by atoms with Crippen molar-refractivity contribution in [3.63, 3.8) is 0 Å². The van der Waals surface area contributed by atoms with Crippen molar-refractivity contribution >= 4 is 18.5 Å². The molecule has 4 nitrogen and oxygen atoms in total. The number of hydrogen-bond donors (Lipinski definition) is 1. The van der Waals surface area contributed by atoms with Gasteiger partial charge in [0.2, 0.25) is 0 Å². The summed E-state index contributed by atoms with van der Waals surface area (Å²) in [6.07, 6.45) is -0.0595. The van der Waals surface area contributed by atoms with Crippen molar-refractivity contribution in [3.05, 3.63) is 0 Å². The Balaban J connectivity index is 0.00000169. The Morgan fingerprint density at radius 2 is 2.07 bits per heavy atom. The third kappa shape index (κ3) is 4.15. The molecule has 0 aromatic heterocycles. The predicted octanol–water partition coefficient (Wildman–Crippen LogP) is 1.41. The van der Waals surface area contributed by atoms with Crippen LogP contribution in [0.4, 0.5) is 4.79 Å². The molecule has 1 atom stereocenters. The van der Waals surface area contributed by atoms with Gasteiger partial charge < -0.3 is 14.7 Å². The number of aliphatic hydroxyl groups excluding tert-OH is 1. The molecule has 1 aliphatic rings. The zero-order valence-corrected chi connectivity index (χ0v) is 9.63. The normalized spacial score (nSPS) is 21.7. The summed E-state index contributed by atoms with van der Waals surface area (Å²) in [5.41, 5.74) is -0.454. The number of carbonyl (C=O) groups is 1. The van der Waals surface area contributed by atoms with E-state index in [0.717, 1.165) is 0 Å². The van der Waals surface area contributed by atoms with E-state index in [1.807, 2.05) is 20.8 Å². The maximum Gasteiger partial charge on any atom is 0.410 e. The lowest BCUT2D eigenvalue weighted by Gasteiger charge is -2.24. The number of hydrogen-bond acceptors (Lipinski definition) is 3. The molecule has 1 heterocycles. The van der Waals surface area contributed by atoms with E-state index in [0.29, 0.717) is 19.5 Å². The molecule has 1 fully saturated rings. The minimum absolute atomic E-state index is 0. The lowest BCUT2D eigenvalue weighted by atomic mass is 10.2. The van der Waals surface area contributed by atoms with Crippen LogP contribution in [0.15, 0.2) is 0 Å². The number of likely N-dealkylation sites (tertiary alicyclic amines) is 1. The summed E-state index contributed by atoms with van der Waals surface area (Å²) in [5, 5.41) is 9.20. The highest BCUT2D eigenvalue weighted by atomic mass is 35.5. The van der Waals surface area contributed by atoms with Crippen LogP contribution < -0.4 is 0 Å². The Bertz CT molecular complexity index is 203. The Morgan fingerprint density at radius 1 is 1.50 bits per heavy atom. The first-order valence-corrected chi connectivity index (χ1v) is 4.54. The first-order chi connectivity index (χ1) is 5.88. The lowest BCUT2D eigenvalue weighted by Crippen LogP contribution is -2.35. The summed E-state index contributed by atoms with van der Waals surface area (Å²) in [4.78, 5) is 12.9. The lowest BCUT2D eigenvalue weighted by molar-refractivity contribution is 0.0270. The third-order valence-electron chi connectivity index (χ3n) is 1.82. The van der Waals surface area contributed by atoms with Gasteiger partial charge in [-0.1, -0.05) is 0 Å². The molecule has 5 heteroatoms. The summed E-state index contributed by atoms with van der Waals surface area (Å²) >= 11 is 0. The number of carbonyl (C=O) groups excluding carboxylic acids is 1. The van der Waals surface area contributed by atoms with Crippen molar-refractivity contribution in [1.29, 1.82) is 0 Å². The smallest absolute Gasteiger partial charge is 0.410 e.